The van der Waals surface area contributed by atoms with E-state index in [-0.39, 0.29) is 12.5 Å². The van der Waals surface area contributed by atoms with Gasteiger partial charge in [0.15, 0.2) is 6.61 Å². The predicted molar refractivity (Wildman–Crippen MR) is 96.9 cm³/mol. The second-order valence-electron chi connectivity index (χ2n) is 6.20. The van der Waals surface area contributed by atoms with Gasteiger partial charge < -0.3 is 20.5 Å². The van der Waals surface area contributed by atoms with Crippen LogP contribution in [0.4, 0.5) is 0 Å². The highest BCUT2D eigenvalue weighted by Crippen LogP contribution is 2.20. The molecule has 0 saturated carbocycles. The summed E-state index contributed by atoms with van der Waals surface area (Å²) in [6.45, 7) is 2.78. The van der Waals surface area contributed by atoms with Gasteiger partial charge in [0.2, 0.25) is 5.91 Å². The molecule has 7 nitrogen and oxygen atoms in total. The Morgan fingerprint density at radius 3 is 2.42 bits per heavy atom. The quantitative estimate of drug-likeness (QED) is 0.664. The van der Waals surface area contributed by atoms with Crippen molar-refractivity contribution >= 4 is 28.6 Å². The van der Waals surface area contributed by atoms with Crippen molar-refractivity contribution in [1.29, 1.82) is 0 Å². The summed E-state index contributed by atoms with van der Waals surface area (Å²) in [6, 6.07) is 12.5. The maximum Gasteiger partial charge on any atom is 0.322 e. The molecule has 1 atom stereocenters. The van der Waals surface area contributed by atoms with Crippen LogP contribution in [0.5, 0.6) is 5.75 Å². The first kappa shape index (κ1) is 19.2. The van der Waals surface area contributed by atoms with Crippen LogP contribution in [0.15, 0.2) is 42.5 Å². The third kappa shape index (κ3) is 5.47. The molecule has 0 bridgehead atoms. The van der Waals surface area contributed by atoms with Crippen molar-refractivity contribution in [2.75, 3.05) is 13.2 Å². The van der Waals surface area contributed by atoms with E-state index in [0.29, 0.717) is 5.75 Å². The number of benzene rings is 2. The molecule has 0 saturated heterocycles. The minimum atomic E-state index is -1.15. The van der Waals surface area contributed by atoms with E-state index in [4.69, 9.17) is 9.84 Å². The molecule has 2 rings (SSSR count). The molecular formula is C19H22N2O5. The summed E-state index contributed by atoms with van der Waals surface area (Å²) < 4.78 is 5.50. The van der Waals surface area contributed by atoms with Gasteiger partial charge in [-0.1, -0.05) is 44.2 Å². The lowest BCUT2D eigenvalue weighted by Crippen LogP contribution is -2.51. The van der Waals surface area contributed by atoms with Crippen molar-refractivity contribution in [3.63, 3.8) is 0 Å². The third-order valence-corrected chi connectivity index (χ3v) is 3.77. The van der Waals surface area contributed by atoms with Crippen molar-refractivity contribution in [2.45, 2.75) is 19.9 Å². The van der Waals surface area contributed by atoms with Gasteiger partial charge in [0.25, 0.3) is 5.91 Å². The van der Waals surface area contributed by atoms with E-state index >= 15 is 0 Å². The van der Waals surface area contributed by atoms with Crippen molar-refractivity contribution in [3.05, 3.63) is 42.5 Å². The second-order valence-corrected chi connectivity index (χ2v) is 6.20. The van der Waals surface area contributed by atoms with Gasteiger partial charge in [0.05, 0.1) is 0 Å². The molecule has 7 heteroatoms. The number of hydrogen-bond acceptors (Lipinski definition) is 4. The fourth-order valence-electron chi connectivity index (χ4n) is 2.43. The van der Waals surface area contributed by atoms with Crippen molar-refractivity contribution in [3.8, 4) is 5.75 Å². The van der Waals surface area contributed by atoms with E-state index in [0.717, 1.165) is 10.8 Å². The Kier molecular flexibility index (Phi) is 6.54. The van der Waals surface area contributed by atoms with Crippen LogP contribution in [-0.2, 0) is 14.4 Å². The monoisotopic (exact) mass is 358 g/mol. The SMILES string of the molecule is CC(C)[C@H](NC(=O)COc1ccc2ccccc2c1)C(=O)NCC(=O)O. The normalized spacial score (nSPS) is 11.8. The van der Waals surface area contributed by atoms with Crippen LogP contribution in [-0.4, -0.2) is 42.1 Å². The van der Waals surface area contributed by atoms with Gasteiger partial charge in [0, 0.05) is 0 Å². The summed E-state index contributed by atoms with van der Waals surface area (Å²) in [5.41, 5.74) is 0. The molecule has 26 heavy (non-hydrogen) atoms. The second kappa shape index (κ2) is 8.84. The summed E-state index contributed by atoms with van der Waals surface area (Å²) >= 11 is 0. The van der Waals surface area contributed by atoms with E-state index in [9.17, 15) is 14.4 Å². The number of carboxylic acid groups (broad SMARTS) is 1. The first-order valence-electron chi connectivity index (χ1n) is 8.27. The number of fused-ring (bicyclic) bond motifs is 1. The molecule has 3 N–H and O–H groups in total. The molecule has 0 unspecified atom stereocenters. The molecular weight excluding hydrogens is 336 g/mol. The lowest BCUT2D eigenvalue weighted by Gasteiger charge is -2.21. The van der Waals surface area contributed by atoms with E-state index in [1.165, 1.54) is 0 Å². The van der Waals surface area contributed by atoms with E-state index in [1.54, 1.807) is 19.9 Å². The number of nitrogens with one attached hydrogen (secondary N) is 2. The Balaban J connectivity index is 1.92. The highest BCUT2D eigenvalue weighted by atomic mass is 16.5. The third-order valence-electron chi connectivity index (χ3n) is 3.77. The van der Waals surface area contributed by atoms with Crippen LogP contribution in [0.3, 0.4) is 0 Å². The van der Waals surface area contributed by atoms with Crippen molar-refractivity contribution in [1.82, 2.24) is 10.6 Å². The van der Waals surface area contributed by atoms with Gasteiger partial charge in [0.1, 0.15) is 18.3 Å². The number of amides is 2. The van der Waals surface area contributed by atoms with Crippen LogP contribution < -0.4 is 15.4 Å². The molecule has 0 aromatic heterocycles. The maximum atomic E-state index is 12.1. The van der Waals surface area contributed by atoms with Crippen molar-refractivity contribution in [2.24, 2.45) is 5.92 Å². The fourth-order valence-corrected chi connectivity index (χ4v) is 2.43. The zero-order chi connectivity index (χ0) is 19.1. The molecule has 0 aliphatic rings. The van der Waals surface area contributed by atoms with Crippen LogP contribution in [0, 0.1) is 5.92 Å². The first-order valence-corrected chi connectivity index (χ1v) is 8.27. The molecule has 0 heterocycles. The van der Waals surface area contributed by atoms with Gasteiger partial charge in [-0.2, -0.15) is 0 Å². The minimum Gasteiger partial charge on any atom is -0.484 e. The molecule has 2 aromatic rings. The van der Waals surface area contributed by atoms with Crippen molar-refractivity contribution < 1.29 is 24.2 Å². The molecule has 0 aliphatic carbocycles. The van der Waals surface area contributed by atoms with Gasteiger partial charge in [-0.25, -0.2) is 0 Å². The molecule has 2 amide bonds. The van der Waals surface area contributed by atoms with Gasteiger partial charge in [-0.05, 0) is 28.8 Å². The molecule has 0 radical (unpaired) electrons. The number of ether oxygens (including phenoxy) is 1. The fraction of sp³-hybridized carbons (Fsp3) is 0.316. The van der Waals surface area contributed by atoms with Crippen LogP contribution in [0.2, 0.25) is 0 Å². The summed E-state index contributed by atoms with van der Waals surface area (Å²) in [4.78, 5) is 34.7. The number of carbonyl (C=O) groups excluding carboxylic acids is 2. The zero-order valence-corrected chi connectivity index (χ0v) is 14.7. The van der Waals surface area contributed by atoms with E-state index < -0.39 is 30.4 Å². The average Bonchev–Trinajstić information content (AvgIpc) is 2.62. The van der Waals surface area contributed by atoms with Gasteiger partial charge in [-0.15, -0.1) is 0 Å². The van der Waals surface area contributed by atoms with Crippen LogP contribution in [0.1, 0.15) is 13.8 Å². The summed E-state index contributed by atoms with van der Waals surface area (Å²) in [7, 11) is 0. The van der Waals surface area contributed by atoms with E-state index in [1.807, 2.05) is 36.4 Å². The summed E-state index contributed by atoms with van der Waals surface area (Å²) in [5.74, 6) is -1.79. The molecule has 2 aromatic carbocycles. The predicted octanol–water partition coefficient (Wildman–Crippen LogP) is 1.56. The molecule has 138 valence electrons. The molecule has 0 fully saturated rings. The Morgan fingerprint density at radius 1 is 1.08 bits per heavy atom. The number of carboxylic acids is 1. The molecule has 0 aliphatic heterocycles. The van der Waals surface area contributed by atoms with Gasteiger partial charge >= 0.3 is 5.97 Å². The van der Waals surface area contributed by atoms with Gasteiger partial charge in [-0.3, -0.25) is 14.4 Å². The lowest BCUT2D eigenvalue weighted by molar-refractivity contribution is -0.138. The van der Waals surface area contributed by atoms with Crippen LogP contribution in [0.25, 0.3) is 10.8 Å². The number of carbonyl (C=O) groups is 3. The molecule has 0 spiro atoms. The number of hydrogen-bond donors (Lipinski definition) is 3. The highest BCUT2D eigenvalue weighted by molar-refractivity contribution is 5.90. The minimum absolute atomic E-state index is 0.201. The largest absolute Gasteiger partial charge is 0.484 e. The Hall–Kier alpha value is -3.09. The van der Waals surface area contributed by atoms with Crippen LogP contribution >= 0.6 is 0 Å². The Morgan fingerprint density at radius 2 is 1.77 bits per heavy atom. The lowest BCUT2D eigenvalue weighted by atomic mass is 10.0. The summed E-state index contributed by atoms with van der Waals surface area (Å²) in [5, 5.41) is 15.5. The zero-order valence-electron chi connectivity index (χ0n) is 14.7. The summed E-state index contributed by atoms with van der Waals surface area (Å²) in [6.07, 6.45) is 0. The number of aliphatic carboxylic acids is 1. The maximum absolute atomic E-state index is 12.1. The Bertz CT molecular complexity index is 803. The smallest absolute Gasteiger partial charge is 0.322 e. The Labute approximate surface area is 151 Å². The standard InChI is InChI=1S/C19H22N2O5/c1-12(2)18(19(25)20-10-17(23)24)21-16(22)11-26-15-8-7-13-5-3-4-6-14(13)9-15/h3-9,12,18H,10-11H2,1-2H3,(H,20,25)(H,21,22)(H,23,24)/t18-/m0/s1. The average molecular weight is 358 g/mol. The number of rotatable bonds is 8. The highest BCUT2D eigenvalue weighted by Gasteiger charge is 2.24. The topological polar surface area (TPSA) is 105 Å². The van der Waals surface area contributed by atoms with E-state index in [2.05, 4.69) is 10.6 Å². The first-order chi connectivity index (χ1) is 12.4.